The number of allylic oxidation sites excluding steroid dienone is 5. The van der Waals surface area contributed by atoms with Gasteiger partial charge in [-0.05, 0) is 73.2 Å². The van der Waals surface area contributed by atoms with E-state index >= 15 is 0 Å². The number of anilines is 2. The van der Waals surface area contributed by atoms with Gasteiger partial charge in [0.2, 0.25) is 5.28 Å². The largest absolute Gasteiger partial charge is 0.399 e. The summed E-state index contributed by atoms with van der Waals surface area (Å²) in [6.07, 6.45) is 11.7. The number of aromatic nitrogens is 2. The van der Waals surface area contributed by atoms with Crippen LogP contribution in [0.5, 0.6) is 0 Å². The molecule has 1 aromatic heterocycles. The molecule has 0 spiro atoms. The predicted octanol–water partition coefficient (Wildman–Crippen LogP) is 5.70. The Morgan fingerprint density at radius 2 is 2.19 bits per heavy atom. The maximum absolute atomic E-state index is 13.8. The summed E-state index contributed by atoms with van der Waals surface area (Å²) in [5, 5.41) is 2.94. The molecule has 0 saturated heterocycles. The third kappa shape index (κ3) is 6.87. The van der Waals surface area contributed by atoms with E-state index in [2.05, 4.69) is 28.3 Å². The molecule has 3 N–H and O–H groups in total. The molecule has 0 amide bonds. The minimum Gasteiger partial charge on any atom is -0.399 e. The summed E-state index contributed by atoms with van der Waals surface area (Å²) in [4.78, 5) is 7.49. The maximum Gasteiger partial charge on any atom is 0.224 e. The predicted molar refractivity (Wildman–Crippen MR) is 111 cm³/mol. The second kappa shape index (κ2) is 10.5. The average Bonchev–Trinajstić information content (AvgIpc) is 2.63. The molecule has 0 aliphatic carbocycles. The van der Waals surface area contributed by atoms with Crippen LogP contribution in [0, 0.1) is 5.82 Å². The summed E-state index contributed by atoms with van der Waals surface area (Å²) in [5.74, 6) is -0.497. The third-order valence-electron chi connectivity index (χ3n) is 3.78. The number of benzene rings is 1. The quantitative estimate of drug-likeness (QED) is 0.451. The Labute approximate surface area is 164 Å². The van der Waals surface area contributed by atoms with Crippen LogP contribution in [0.25, 0.3) is 0 Å². The van der Waals surface area contributed by atoms with E-state index in [0.717, 1.165) is 42.4 Å². The topological polar surface area (TPSA) is 63.8 Å². The Hall–Kier alpha value is -2.66. The molecule has 0 atom stereocenters. The van der Waals surface area contributed by atoms with Gasteiger partial charge in [0.25, 0.3) is 0 Å². The Balaban J connectivity index is 2.09. The minimum atomic E-state index is -0.553. The highest BCUT2D eigenvalue weighted by Gasteiger charge is 2.07. The lowest BCUT2D eigenvalue weighted by atomic mass is 10.0. The van der Waals surface area contributed by atoms with E-state index < -0.39 is 5.82 Å². The summed E-state index contributed by atoms with van der Waals surface area (Å²) in [6, 6.07) is 7.78. The van der Waals surface area contributed by atoms with E-state index in [0.29, 0.717) is 0 Å². The first-order valence-electron chi connectivity index (χ1n) is 8.84. The molecule has 1 heterocycles. The Kier molecular flexibility index (Phi) is 8.01. The fourth-order valence-corrected chi connectivity index (χ4v) is 2.75. The van der Waals surface area contributed by atoms with Gasteiger partial charge in [0.1, 0.15) is 0 Å². The number of nitrogens with two attached hydrogens (primary N) is 1. The second-order valence-corrected chi connectivity index (χ2v) is 6.33. The van der Waals surface area contributed by atoms with Crippen molar-refractivity contribution in [2.24, 2.45) is 5.73 Å². The highest BCUT2D eigenvalue weighted by molar-refractivity contribution is 6.28. The Morgan fingerprint density at radius 1 is 1.37 bits per heavy atom. The van der Waals surface area contributed by atoms with Gasteiger partial charge in [-0.1, -0.05) is 31.2 Å². The van der Waals surface area contributed by atoms with Gasteiger partial charge in [0.15, 0.2) is 11.6 Å². The van der Waals surface area contributed by atoms with Crippen LogP contribution in [-0.4, -0.2) is 9.97 Å². The van der Waals surface area contributed by atoms with E-state index in [1.807, 2.05) is 49.4 Å². The van der Waals surface area contributed by atoms with Gasteiger partial charge in [-0.3, -0.25) is 0 Å². The van der Waals surface area contributed by atoms with Crippen LogP contribution in [-0.2, 0) is 6.42 Å². The lowest BCUT2D eigenvalue weighted by Gasteiger charge is -2.09. The molecule has 27 heavy (non-hydrogen) atoms. The zero-order chi connectivity index (χ0) is 19.6. The number of nitrogens with one attached hydrogen (secondary N) is 1. The van der Waals surface area contributed by atoms with Gasteiger partial charge in [-0.2, -0.15) is 4.98 Å². The minimum absolute atomic E-state index is 0.00472. The molecule has 0 unspecified atom stereocenters. The number of halogens is 2. The third-order valence-corrected chi connectivity index (χ3v) is 3.97. The van der Waals surface area contributed by atoms with Crippen molar-refractivity contribution in [3.63, 3.8) is 0 Å². The molecule has 0 bridgehead atoms. The fraction of sp³-hybridized carbons (Fsp3) is 0.238. The molecule has 0 fully saturated rings. The van der Waals surface area contributed by atoms with E-state index in [9.17, 15) is 4.39 Å². The van der Waals surface area contributed by atoms with Crippen LogP contribution < -0.4 is 11.1 Å². The molecule has 2 aromatic rings. The average molecular weight is 387 g/mol. The zero-order valence-corrected chi connectivity index (χ0v) is 16.3. The second-order valence-electron chi connectivity index (χ2n) is 5.99. The van der Waals surface area contributed by atoms with Crippen molar-refractivity contribution in [3.05, 3.63) is 82.7 Å². The zero-order valence-electron chi connectivity index (χ0n) is 15.5. The molecule has 1 aromatic carbocycles. The molecule has 0 aliphatic heterocycles. The van der Waals surface area contributed by atoms with Crippen LogP contribution >= 0.6 is 11.6 Å². The van der Waals surface area contributed by atoms with Crippen molar-refractivity contribution in [2.45, 2.75) is 33.1 Å². The summed E-state index contributed by atoms with van der Waals surface area (Å²) in [5.41, 5.74) is 9.79. The monoisotopic (exact) mass is 386 g/mol. The van der Waals surface area contributed by atoms with Crippen molar-refractivity contribution in [3.8, 4) is 0 Å². The van der Waals surface area contributed by atoms with Gasteiger partial charge in [0.05, 0.1) is 6.20 Å². The number of hydrogen-bond acceptors (Lipinski definition) is 4. The Morgan fingerprint density at radius 3 is 2.93 bits per heavy atom. The first-order chi connectivity index (χ1) is 13.0. The smallest absolute Gasteiger partial charge is 0.224 e. The molecule has 6 heteroatoms. The fourth-order valence-electron chi connectivity index (χ4n) is 2.61. The van der Waals surface area contributed by atoms with E-state index in [1.165, 1.54) is 5.57 Å². The lowest BCUT2D eigenvalue weighted by Crippen LogP contribution is -1.99. The van der Waals surface area contributed by atoms with Crippen molar-refractivity contribution in [1.29, 1.82) is 0 Å². The first-order valence-corrected chi connectivity index (χ1v) is 9.22. The molecule has 0 saturated carbocycles. The summed E-state index contributed by atoms with van der Waals surface area (Å²) in [6.45, 7) is 4.04. The SMILES string of the molecule is C\C=C/C(N)=C\C(=C\CC)CCc1cccc(Nc2nc(Cl)ncc2F)c1. The van der Waals surface area contributed by atoms with Gasteiger partial charge in [-0.15, -0.1) is 0 Å². The lowest BCUT2D eigenvalue weighted by molar-refractivity contribution is 0.619. The van der Waals surface area contributed by atoms with E-state index in [4.69, 9.17) is 17.3 Å². The highest BCUT2D eigenvalue weighted by Crippen LogP contribution is 2.21. The summed E-state index contributed by atoms with van der Waals surface area (Å²) < 4.78 is 13.8. The van der Waals surface area contributed by atoms with Gasteiger partial charge >= 0.3 is 0 Å². The highest BCUT2D eigenvalue weighted by atomic mass is 35.5. The maximum atomic E-state index is 13.8. The molecule has 2 rings (SSSR count). The molecular weight excluding hydrogens is 363 g/mol. The number of rotatable bonds is 8. The number of nitrogens with zero attached hydrogens (tertiary/aromatic N) is 2. The summed E-state index contributed by atoms with van der Waals surface area (Å²) >= 11 is 5.74. The van der Waals surface area contributed by atoms with Crippen molar-refractivity contribution in [2.75, 3.05) is 5.32 Å². The van der Waals surface area contributed by atoms with Gasteiger partial charge in [0, 0.05) is 11.4 Å². The van der Waals surface area contributed by atoms with Gasteiger partial charge < -0.3 is 11.1 Å². The van der Waals surface area contributed by atoms with Crippen molar-refractivity contribution >= 4 is 23.1 Å². The normalized spacial score (nSPS) is 12.6. The molecule has 4 nitrogen and oxygen atoms in total. The number of hydrogen-bond donors (Lipinski definition) is 2. The number of aryl methyl sites for hydroxylation is 1. The first kappa shape index (κ1) is 20.6. The van der Waals surface area contributed by atoms with Crippen LogP contribution in [0.3, 0.4) is 0 Å². The summed E-state index contributed by atoms with van der Waals surface area (Å²) in [7, 11) is 0. The molecule has 0 aliphatic rings. The van der Waals surface area contributed by atoms with E-state index in [-0.39, 0.29) is 11.1 Å². The molecule has 0 radical (unpaired) electrons. The van der Waals surface area contributed by atoms with Crippen LogP contribution in [0.1, 0.15) is 32.3 Å². The van der Waals surface area contributed by atoms with Crippen LogP contribution in [0.2, 0.25) is 5.28 Å². The standard InChI is InChI=1S/C21H24ClFN4/c1-3-6-15(12-17(24)7-4-2)10-11-16-8-5-9-18(13-16)26-20-19(23)14-25-21(22)27-20/h4-9,12-14H,3,10-11,24H2,1-2H3,(H,25,26,27)/b7-4-,15-6+,17-12+. The molecular formula is C21H24ClFN4. The molecule has 142 valence electrons. The van der Waals surface area contributed by atoms with Crippen LogP contribution in [0.4, 0.5) is 15.9 Å². The van der Waals surface area contributed by atoms with Crippen molar-refractivity contribution < 1.29 is 4.39 Å². The van der Waals surface area contributed by atoms with Crippen molar-refractivity contribution in [1.82, 2.24) is 9.97 Å². The van der Waals surface area contributed by atoms with E-state index in [1.54, 1.807) is 0 Å². The Bertz CT molecular complexity index is 859. The van der Waals surface area contributed by atoms with Crippen LogP contribution in [0.15, 0.2) is 66.0 Å². The van der Waals surface area contributed by atoms with Gasteiger partial charge in [-0.25, -0.2) is 9.37 Å².